The van der Waals surface area contributed by atoms with E-state index >= 15 is 0 Å². The molecule has 1 heterocycles. The third-order valence-corrected chi connectivity index (χ3v) is 4.89. The number of amides is 1. The zero-order chi connectivity index (χ0) is 19.6. The first-order valence-corrected chi connectivity index (χ1v) is 9.01. The van der Waals surface area contributed by atoms with Crippen molar-refractivity contribution >= 4 is 63.3 Å². The van der Waals surface area contributed by atoms with Gasteiger partial charge < -0.3 is 5.32 Å². The smallest absolute Gasteiger partial charge is 0.329 e. The number of para-hydroxylation sites is 1. The van der Waals surface area contributed by atoms with Crippen LogP contribution in [0, 0.1) is 0 Å². The molecule has 0 saturated heterocycles. The van der Waals surface area contributed by atoms with Gasteiger partial charge in [-0.2, -0.15) is 13.2 Å². The van der Waals surface area contributed by atoms with Crippen molar-refractivity contribution in [3.05, 3.63) is 63.5 Å². The molecule has 3 rings (SSSR count). The number of benzene rings is 2. The van der Waals surface area contributed by atoms with Crippen LogP contribution in [0.4, 0.5) is 35.5 Å². The van der Waals surface area contributed by atoms with Crippen LogP contribution in [-0.4, -0.2) is 11.4 Å². The van der Waals surface area contributed by atoms with Crippen LogP contribution < -0.4 is 10.2 Å². The van der Waals surface area contributed by atoms with Gasteiger partial charge in [-0.25, -0.2) is 4.98 Å². The molecule has 3 aromatic rings. The summed E-state index contributed by atoms with van der Waals surface area (Å²) in [7, 11) is 0. The number of carbonyl (C=O) groups excluding carboxylic acids is 1. The number of hydrogen-bond donors (Lipinski definition) is 1. The molecule has 27 heavy (non-hydrogen) atoms. The Balaban J connectivity index is 1.84. The fourth-order valence-corrected chi connectivity index (χ4v) is 3.40. The lowest BCUT2D eigenvalue weighted by Crippen LogP contribution is -2.15. The minimum absolute atomic E-state index is 0.250. The average molecular weight is 432 g/mol. The lowest BCUT2D eigenvalue weighted by molar-refractivity contribution is -0.137. The van der Waals surface area contributed by atoms with Gasteiger partial charge in [0.2, 0.25) is 6.41 Å². The molecule has 0 fully saturated rings. The van der Waals surface area contributed by atoms with Crippen LogP contribution in [0.2, 0.25) is 10.0 Å². The van der Waals surface area contributed by atoms with Crippen LogP contribution in [0.1, 0.15) is 5.56 Å². The molecule has 1 N–H and O–H groups in total. The largest absolute Gasteiger partial charge is 0.416 e. The number of aromatic nitrogens is 1. The van der Waals surface area contributed by atoms with Crippen LogP contribution in [0.15, 0.2) is 47.8 Å². The normalized spacial score (nSPS) is 11.3. The Kier molecular flexibility index (Phi) is 5.59. The summed E-state index contributed by atoms with van der Waals surface area (Å²) in [6, 6.07) is 9.22. The zero-order valence-corrected chi connectivity index (χ0v) is 15.6. The SMILES string of the molecule is O=CN(c1ccc(C(F)(F)F)cc1)c1csc(Nc2c(Cl)cccc2Cl)n1. The number of hydrogen-bond acceptors (Lipinski definition) is 4. The fraction of sp³-hybridized carbons (Fsp3) is 0.0588. The van der Waals surface area contributed by atoms with E-state index in [-0.39, 0.29) is 11.5 Å². The molecule has 0 aliphatic heterocycles. The number of alkyl halides is 3. The number of rotatable bonds is 5. The third-order valence-electron chi connectivity index (χ3n) is 3.51. The zero-order valence-electron chi connectivity index (χ0n) is 13.3. The van der Waals surface area contributed by atoms with Crippen molar-refractivity contribution in [3.63, 3.8) is 0 Å². The van der Waals surface area contributed by atoms with Crippen molar-refractivity contribution in [2.75, 3.05) is 10.2 Å². The minimum Gasteiger partial charge on any atom is -0.329 e. The molecule has 0 spiro atoms. The number of thiazole rings is 1. The maximum atomic E-state index is 12.7. The molecule has 2 aromatic carbocycles. The molecule has 0 atom stereocenters. The van der Waals surface area contributed by atoms with E-state index in [1.165, 1.54) is 23.5 Å². The Bertz CT molecular complexity index is 941. The molecular formula is C17H10Cl2F3N3OS. The summed E-state index contributed by atoms with van der Waals surface area (Å²) in [5.41, 5.74) is -0.0781. The highest BCUT2D eigenvalue weighted by Crippen LogP contribution is 2.36. The van der Waals surface area contributed by atoms with E-state index in [4.69, 9.17) is 23.2 Å². The highest BCUT2D eigenvalue weighted by atomic mass is 35.5. The first-order valence-electron chi connectivity index (χ1n) is 7.38. The number of halogens is 5. The molecule has 1 amide bonds. The van der Waals surface area contributed by atoms with E-state index in [1.807, 2.05) is 0 Å². The van der Waals surface area contributed by atoms with Crippen molar-refractivity contribution in [2.45, 2.75) is 6.18 Å². The number of nitrogens with zero attached hydrogens (tertiary/aromatic N) is 2. The Morgan fingerprint density at radius 3 is 2.26 bits per heavy atom. The maximum Gasteiger partial charge on any atom is 0.416 e. The Hall–Kier alpha value is -2.29. The number of nitrogens with one attached hydrogen (secondary N) is 1. The van der Waals surface area contributed by atoms with Gasteiger partial charge in [0.15, 0.2) is 10.9 Å². The molecule has 140 valence electrons. The van der Waals surface area contributed by atoms with Gasteiger partial charge in [0.25, 0.3) is 0 Å². The molecule has 0 unspecified atom stereocenters. The first kappa shape index (κ1) is 19.5. The molecule has 1 aromatic heterocycles. The van der Waals surface area contributed by atoms with Crippen LogP contribution in [-0.2, 0) is 11.0 Å². The average Bonchev–Trinajstić information content (AvgIpc) is 3.07. The topological polar surface area (TPSA) is 45.2 Å². The van der Waals surface area contributed by atoms with Crippen molar-refractivity contribution in [1.29, 1.82) is 0 Å². The monoisotopic (exact) mass is 431 g/mol. The minimum atomic E-state index is -4.45. The van der Waals surface area contributed by atoms with Gasteiger partial charge in [0.1, 0.15) is 0 Å². The second-order valence-electron chi connectivity index (χ2n) is 5.25. The van der Waals surface area contributed by atoms with Crippen LogP contribution in [0.3, 0.4) is 0 Å². The van der Waals surface area contributed by atoms with E-state index in [1.54, 1.807) is 23.6 Å². The second-order valence-corrected chi connectivity index (χ2v) is 6.93. The Morgan fingerprint density at radius 2 is 1.70 bits per heavy atom. The van der Waals surface area contributed by atoms with Gasteiger partial charge in [0, 0.05) is 5.38 Å². The van der Waals surface area contributed by atoms with E-state index in [0.29, 0.717) is 27.3 Å². The van der Waals surface area contributed by atoms with Gasteiger partial charge in [-0.05, 0) is 36.4 Å². The second kappa shape index (κ2) is 7.75. The van der Waals surface area contributed by atoms with Crippen LogP contribution in [0.5, 0.6) is 0 Å². The molecule has 0 aliphatic rings. The summed E-state index contributed by atoms with van der Waals surface area (Å²) < 4.78 is 38.0. The van der Waals surface area contributed by atoms with E-state index in [2.05, 4.69) is 10.3 Å². The van der Waals surface area contributed by atoms with Gasteiger partial charge in [-0.3, -0.25) is 9.69 Å². The van der Waals surface area contributed by atoms with Gasteiger partial charge in [0.05, 0.1) is 27.0 Å². The molecule has 4 nitrogen and oxygen atoms in total. The lowest BCUT2D eigenvalue weighted by Gasteiger charge is -2.15. The van der Waals surface area contributed by atoms with Gasteiger partial charge in [-0.15, -0.1) is 11.3 Å². The number of anilines is 4. The summed E-state index contributed by atoms with van der Waals surface area (Å²) in [6.45, 7) is 0. The molecule has 10 heteroatoms. The summed E-state index contributed by atoms with van der Waals surface area (Å²) >= 11 is 13.4. The maximum absolute atomic E-state index is 12.7. The third kappa shape index (κ3) is 4.35. The Morgan fingerprint density at radius 1 is 1.07 bits per heavy atom. The molecule has 0 bridgehead atoms. The van der Waals surface area contributed by atoms with Crippen molar-refractivity contribution in [2.24, 2.45) is 0 Å². The van der Waals surface area contributed by atoms with Crippen molar-refractivity contribution in [3.8, 4) is 0 Å². The summed E-state index contributed by atoms with van der Waals surface area (Å²) in [5.74, 6) is 0.250. The number of carbonyl (C=O) groups is 1. The lowest BCUT2D eigenvalue weighted by atomic mass is 10.2. The van der Waals surface area contributed by atoms with Crippen LogP contribution in [0.25, 0.3) is 0 Å². The highest BCUT2D eigenvalue weighted by Gasteiger charge is 2.30. The summed E-state index contributed by atoms with van der Waals surface area (Å²) in [4.78, 5) is 16.9. The van der Waals surface area contributed by atoms with Gasteiger partial charge in [-0.1, -0.05) is 29.3 Å². The molecule has 0 aliphatic carbocycles. The summed E-state index contributed by atoms with van der Waals surface area (Å²) in [5, 5.41) is 5.77. The highest BCUT2D eigenvalue weighted by molar-refractivity contribution is 7.14. The van der Waals surface area contributed by atoms with E-state index in [9.17, 15) is 18.0 Å². The molecule has 0 radical (unpaired) electrons. The predicted molar refractivity (Wildman–Crippen MR) is 102 cm³/mol. The quantitative estimate of drug-likeness (QED) is 0.468. The van der Waals surface area contributed by atoms with Gasteiger partial charge >= 0.3 is 6.18 Å². The Labute approximate surface area is 166 Å². The molecular weight excluding hydrogens is 422 g/mol. The van der Waals surface area contributed by atoms with E-state index < -0.39 is 11.7 Å². The fourth-order valence-electron chi connectivity index (χ4n) is 2.22. The van der Waals surface area contributed by atoms with E-state index in [0.717, 1.165) is 17.0 Å². The van der Waals surface area contributed by atoms with Crippen molar-refractivity contribution < 1.29 is 18.0 Å². The summed E-state index contributed by atoms with van der Waals surface area (Å²) in [6.07, 6.45) is -3.97. The first-order chi connectivity index (χ1) is 12.8. The van der Waals surface area contributed by atoms with Crippen molar-refractivity contribution in [1.82, 2.24) is 4.98 Å². The van der Waals surface area contributed by atoms with Crippen LogP contribution >= 0.6 is 34.5 Å². The molecule has 0 saturated carbocycles. The predicted octanol–water partition coefficient (Wildman–Crippen LogP) is 6.51. The standard InChI is InChI=1S/C17H10Cl2F3N3OS/c18-12-2-1-3-13(19)15(12)24-16-23-14(8-27-16)25(9-26)11-6-4-10(5-7-11)17(20,21)22/h1-9H,(H,23,24).